The van der Waals surface area contributed by atoms with Crippen molar-refractivity contribution in [3.63, 3.8) is 0 Å². The van der Waals surface area contributed by atoms with Crippen molar-refractivity contribution in [2.24, 2.45) is 5.92 Å². The molecule has 7 heteroatoms. The predicted octanol–water partition coefficient (Wildman–Crippen LogP) is 3.55. The molecule has 1 aromatic rings. The number of carbonyl (C=O) groups is 1. The monoisotopic (exact) mass is 377 g/mol. The van der Waals surface area contributed by atoms with Crippen molar-refractivity contribution in [3.05, 3.63) is 29.0 Å². The molecule has 1 saturated heterocycles. The van der Waals surface area contributed by atoms with E-state index in [1.165, 1.54) is 31.4 Å². The Labute approximate surface area is 154 Å². The van der Waals surface area contributed by atoms with E-state index in [9.17, 15) is 9.18 Å². The van der Waals surface area contributed by atoms with E-state index in [1.807, 2.05) is 7.05 Å². The van der Waals surface area contributed by atoms with Gasteiger partial charge >= 0.3 is 0 Å². The highest BCUT2D eigenvalue weighted by Gasteiger charge is 2.19. The lowest BCUT2D eigenvalue weighted by Crippen LogP contribution is -2.36. The zero-order valence-corrected chi connectivity index (χ0v) is 15.6. The standard InChI is InChI=1S/C17H25ClFN3O.ClH/c1-20-8-4-13-5-9-22(10-6-13)11-7-17(23)21-16-3-2-14(18)12-15(16)19;/h2-3,12-13,20H,4-11H2,1H3,(H,21,23);1H. The molecule has 1 heterocycles. The summed E-state index contributed by atoms with van der Waals surface area (Å²) in [6, 6.07) is 4.26. The van der Waals surface area contributed by atoms with Crippen molar-refractivity contribution in [3.8, 4) is 0 Å². The molecule has 2 N–H and O–H groups in total. The quantitative estimate of drug-likeness (QED) is 0.763. The van der Waals surface area contributed by atoms with Crippen LogP contribution in [0.4, 0.5) is 10.1 Å². The van der Waals surface area contributed by atoms with Gasteiger partial charge in [-0.3, -0.25) is 4.79 Å². The molecule has 24 heavy (non-hydrogen) atoms. The highest BCUT2D eigenvalue weighted by molar-refractivity contribution is 6.30. The summed E-state index contributed by atoms with van der Waals surface area (Å²) in [6.07, 6.45) is 3.98. The Morgan fingerprint density at radius 2 is 2.08 bits per heavy atom. The average molecular weight is 378 g/mol. The normalized spacial score (nSPS) is 15.8. The van der Waals surface area contributed by atoms with Gasteiger partial charge in [-0.05, 0) is 70.1 Å². The maximum atomic E-state index is 13.6. The Hall–Kier alpha value is -0.880. The first-order valence-electron chi connectivity index (χ1n) is 8.20. The number of hydrogen-bond donors (Lipinski definition) is 2. The Kier molecular flexibility index (Phi) is 9.59. The van der Waals surface area contributed by atoms with Crippen LogP contribution >= 0.6 is 24.0 Å². The number of nitrogens with one attached hydrogen (secondary N) is 2. The minimum atomic E-state index is -0.504. The first kappa shape index (κ1) is 21.2. The van der Waals surface area contributed by atoms with Gasteiger partial charge in [0.05, 0.1) is 5.69 Å². The summed E-state index contributed by atoms with van der Waals surface area (Å²) >= 11 is 5.70. The zero-order valence-electron chi connectivity index (χ0n) is 14.0. The van der Waals surface area contributed by atoms with Crippen LogP contribution in [0.5, 0.6) is 0 Å². The molecule has 0 aliphatic carbocycles. The van der Waals surface area contributed by atoms with Gasteiger partial charge in [-0.1, -0.05) is 11.6 Å². The van der Waals surface area contributed by atoms with Crippen LogP contribution in [0.25, 0.3) is 0 Å². The number of piperidine rings is 1. The number of likely N-dealkylation sites (tertiary alicyclic amines) is 1. The van der Waals surface area contributed by atoms with Crippen LogP contribution in [0.15, 0.2) is 18.2 Å². The first-order chi connectivity index (χ1) is 11.1. The SMILES string of the molecule is CNCCC1CCN(CCC(=O)Nc2ccc(Cl)cc2F)CC1.Cl. The molecule has 0 atom stereocenters. The van der Waals surface area contributed by atoms with Gasteiger partial charge in [0.25, 0.3) is 0 Å². The van der Waals surface area contributed by atoms with Gasteiger partial charge in [-0.15, -0.1) is 12.4 Å². The van der Waals surface area contributed by atoms with E-state index < -0.39 is 5.82 Å². The number of amides is 1. The molecule has 136 valence electrons. The third-order valence-corrected chi connectivity index (χ3v) is 4.61. The van der Waals surface area contributed by atoms with Gasteiger partial charge < -0.3 is 15.5 Å². The number of halogens is 3. The van der Waals surface area contributed by atoms with E-state index in [4.69, 9.17) is 11.6 Å². The predicted molar refractivity (Wildman–Crippen MR) is 99.6 cm³/mol. The fourth-order valence-electron chi connectivity index (χ4n) is 2.91. The molecule has 1 fully saturated rings. The second-order valence-corrected chi connectivity index (χ2v) is 6.54. The molecule has 1 aliphatic rings. The number of benzene rings is 1. The molecular formula is C17H26Cl2FN3O. The lowest BCUT2D eigenvalue weighted by molar-refractivity contribution is -0.116. The molecule has 4 nitrogen and oxygen atoms in total. The molecule has 1 amide bonds. The summed E-state index contributed by atoms with van der Waals surface area (Å²) in [6.45, 7) is 3.87. The van der Waals surface area contributed by atoms with Crippen LogP contribution in [0, 0.1) is 11.7 Å². The lowest BCUT2D eigenvalue weighted by atomic mass is 9.93. The smallest absolute Gasteiger partial charge is 0.225 e. The van der Waals surface area contributed by atoms with Gasteiger partial charge in [-0.25, -0.2) is 4.39 Å². The number of nitrogens with zero attached hydrogens (tertiary/aromatic N) is 1. The molecular weight excluding hydrogens is 352 g/mol. The Balaban J connectivity index is 0.00000288. The number of hydrogen-bond acceptors (Lipinski definition) is 3. The summed E-state index contributed by atoms with van der Waals surface area (Å²) in [5.74, 6) is 0.121. The second-order valence-electron chi connectivity index (χ2n) is 6.10. The Morgan fingerprint density at radius 1 is 1.38 bits per heavy atom. The minimum Gasteiger partial charge on any atom is -0.324 e. The van der Waals surface area contributed by atoms with Gasteiger partial charge in [0.15, 0.2) is 0 Å². The molecule has 0 spiro atoms. The van der Waals surface area contributed by atoms with Crippen LogP contribution in [0.2, 0.25) is 5.02 Å². The van der Waals surface area contributed by atoms with Crippen molar-refractivity contribution >= 4 is 35.6 Å². The topological polar surface area (TPSA) is 44.4 Å². The number of anilines is 1. The van der Waals surface area contributed by atoms with Crippen LogP contribution in [0.1, 0.15) is 25.7 Å². The zero-order chi connectivity index (χ0) is 16.7. The fourth-order valence-corrected chi connectivity index (χ4v) is 3.07. The number of rotatable bonds is 7. The molecule has 0 bridgehead atoms. The third kappa shape index (κ3) is 6.93. The largest absolute Gasteiger partial charge is 0.324 e. The van der Waals surface area contributed by atoms with Crippen LogP contribution in [-0.4, -0.2) is 44.0 Å². The molecule has 0 saturated carbocycles. The van der Waals surface area contributed by atoms with E-state index in [2.05, 4.69) is 15.5 Å². The Morgan fingerprint density at radius 3 is 2.71 bits per heavy atom. The molecule has 0 radical (unpaired) electrons. The van der Waals surface area contributed by atoms with E-state index in [0.29, 0.717) is 11.4 Å². The third-order valence-electron chi connectivity index (χ3n) is 4.37. The van der Waals surface area contributed by atoms with Crippen molar-refractivity contribution in [2.75, 3.05) is 38.5 Å². The van der Waals surface area contributed by atoms with E-state index in [1.54, 1.807) is 6.07 Å². The van der Waals surface area contributed by atoms with Crippen LogP contribution < -0.4 is 10.6 Å². The summed E-state index contributed by atoms with van der Waals surface area (Å²) in [5.41, 5.74) is 0.185. The highest BCUT2D eigenvalue weighted by Crippen LogP contribution is 2.21. The van der Waals surface area contributed by atoms with Gasteiger partial charge in [0.2, 0.25) is 5.91 Å². The van der Waals surface area contributed by atoms with Crippen molar-refractivity contribution < 1.29 is 9.18 Å². The molecule has 0 unspecified atom stereocenters. The fraction of sp³-hybridized carbons (Fsp3) is 0.588. The van der Waals surface area contributed by atoms with Gasteiger partial charge in [-0.2, -0.15) is 0 Å². The maximum Gasteiger partial charge on any atom is 0.225 e. The average Bonchev–Trinajstić information content (AvgIpc) is 2.54. The summed E-state index contributed by atoms with van der Waals surface area (Å²) < 4.78 is 13.6. The highest BCUT2D eigenvalue weighted by atomic mass is 35.5. The van der Waals surface area contributed by atoms with E-state index in [0.717, 1.165) is 32.1 Å². The first-order valence-corrected chi connectivity index (χ1v) is 8.58. The van der Waals surface area contributed by atoms with Crippen molar-refractivity contribution in [2.45, 2.75) is 25.7 Å². The van der Waals surface area contributed by atoms with Crippen molar-refractivity contribution in [1.29, 1.82) is 0 Å². The molecule has 0 aromatic heterocycles. The molecule has 1 aliphatic heterocycles. The molecule has 2 rings (SSSR count). The number of carbonyl (C=O) groups excluding carboxylic acids is 1. The summed E-state index contributed by atoms with van der Waals surface area (Å²) in [4.78, 5) is 14.3. The van der Waals surface area contributed by atoms with E-state index >= 15 is 0 Å². The summed E-state index contributed by atoms with van der Waals surface area (Å²) in [5, 5.41) is 6.12. The van der Waals surface area contributed by atoms with E-state index in [-0.39, 0.29) is 24.0 Å². The minimum absolute atomic E-state index is 0. The lowest BCUT2D eigenvalue weighted by Gasteiger charge is -2.31. The maximum absolute atomic E-state index is 13.6. The summed E-state index contributed by atoms with van der Waals surface area (Å²) in [7, 11) is 1.98. The van der Waals surface area contributed by atoms with Crippen LogP contribution in [-0.2, 0) is 4.79 Å². The van der Waals surface area contributed by atoms with Crippen LogP contribution in [0.3, 0.4) is 0 Å². The molecule has 1 aromatic carbocycles. The van der Waals surface area contributed by atoms with Gasteiger partial charge in [0.1, 0.15) is 5.82 Å². The Bertz CT molecular complexity index is 523. The van der Waals surface area contributed by atoms with Crippen molar-refractivity contribution in [1.82, 2.24) is 10.2 Å². The second kappa shape index (κ2) is 10.9. The van der Waals surface area contributed by atoms with Gasteiger partial charge in [0, 0.05) is 18.0 Å².